The van der Waals surface area contributed by atoms with Crippen LogP contribution in [0.15, 0.2) is 23.1 Å². The zero-order valence-corrected chi connectivity index (χ0v) is 12.8. The molecule has 0 bridgehead atoms. The molecule has 0 spiro atoms. The lowest BCUT2D eigenvalue weighted by Gasteiger charge is -2.21. The molecule has 6 heteroatoms. The van der Waals surface area contributed by atoms with Crippen LogP contribution in [0, 0.1) is 0 Å². The van der Waals surface area contributed by atoms with E-state index in [-0.39, 0.29) is 9.92 Å². The summed E-state index contributed by atoms with van der Waals surface area (Å²) in [4.78, 5) is 0.193. The van der Waals surface area contributed by atoms with E-state index in [2.05, 4.69) is 0 Å². The summed E-state index contributed by atoms with van der Waals surface area (Å²) in [6.07, 6.45) is 1.56. The molecule has 0 aliphatic rings. The van der Waals surface area contributed by atoms with Crippen molar-refractivity contribution in [2.75, 3.05) is 13.1 Å². The Morgan fingerprint density at radius 1 is 1.06 bits per heavy atom. The van der Waals surface area contributed by atoms with Crippen LogP contribution in [0.3, 0.4) is 0 Å². The number of hydrogen-bond donors (Lipinski definition) is 0. The monoisotopic (exact) mass is 309 g/mol. The summed E-state index contributed by atoms with van der Waals surface area (Å²) < 4.78 is 26.3. The molecule has 0 radical (unpaired) electrons. The third-order valence-corrected chi connectivity index (χ3v) is 5.11. The van der Waals surface area contributed by atoms with Gasteiger partial charge in [-0.25, -0.2) is 8.42 Å². The SMILES string of the molecule is CCCN(CCC)S(=O)(=O)c1ccc(Cl)c(Cl)c1. The standard InChI is InChI=1S/C12H17Cl2NO2S/c1-3-7-15(8-4-2)18(16,17)10-5-6-11(13)12(14)9-10/h5-6,9H,3-4,7-8H2,1-2H3. The molecule has 0 unspecified atom stereocenters. The fraction of sp³-hybridized carbons (Fsp3) is 0.500. The molecule has 1 rings (SSSR count). The first-order valence-electron chi connectivity index (χ1n) is 5.88. The first-order chi connectivity index (χ1) is 8.43. The van der Waals surface area contributed by atoms with Crippen molar-refractivity contribution >= 4 is 33.2 Å². The van der Waals surface area contributed by atoms with Gasteiger partial charge in [0.25, 0.3) is 0 Å². The van der Waals surface area contributed by atoms with Gasteiger partial charge < -0.3 is 0 Å². The van der Waals surface area contributed by atoms with E-state index in [1.165, 1.54) is 22.5 Å². The van der Waals surface area contributed by atoms with E-state index in [9.17, 15) is 8.42 Å². The van der Waals surface area contributed by atoms with E-state index < -0.39 is 10.0 Å². The van der Waals surface area contributed by atoms with E-state index in [4.69, 9.17) is 23.2 Å². The quantitative estimate of drug-likeness (QED) is 0.801. The lowest BCUT2D eigenvalue weighted by atomic mass is 10.4. The maximum Gasteiger partial charge on any atom is 0.243 e. The second kappa shape index (κ2) is 6.75. The molecule has 0 aliphatic carbocycles. The fourth-order valence-electron chi connectivity index (χ4n) is 1.64. The molecular formula is C12H17Cl2NO2S. The maximum absolute atomic E-state index is 12.4. The molecular weight excluding hydrogens is 293 g/mol. The van der Waals surface area contributed by atoms with Gasteiger partial charge in [0.1, 0.15) is 0 Å². The van der Waals surface area contributed by atoms with Crippen LogP contribution in [-0.4, -0.2) is 25.8 Å². The number of halogens is 2. The van der Waals surface area contributed by atoms with E-state index in [0.717, 1.165) is 12.8 Å². The van der Waals surface area contributed by atoms with E-state index >= 15 is 0 Å². The van der Waals surface area contributed by atoms with Crippen LogP contribution >= 0.6 is 23.2 Å². The van der Waals surface area contributed by atoms with Gasteiger partial charge in [0.05, 0.1) is 14.9 Å². The second-order valence-corrected chi connectivity index (χ2v) is 6.73. The molecule has 1 aromatic rings. The van der Waals surface area contributed by atoms with Crippen LogP contribution in [0.1, 0.15) is 26.7 Å². The predicted octanol–water partition coefficient (Wildman–Crippen LogP) is 3.80. The summed E-state index contributed by atoms with van der Waals surface area (Å²) in [6.45, 7) is 4.92. The van der Waals surface area contributed by atoms with Crippen molar-refractivity contribution in [1.29, 1.82) is 0 Å². The van der Waals surface area contributed by atoms with E-state index in [1.54, 1.807) is 0 Å². The summed E-state index contributed by atoms with van der Waals surface area (Å²) in [5, 5.41) is 0.610. The van der Waals surface area contributed by atoms with Crippen molar-refractivity contribution in [3.63, 3.8) is 0 Å². The zero-order chi connectivity index (χ0) is 13.8. The number of nitrogens with zero attached hydrogens (tertiary/aromatic N) is 1. The summed E-state index contributed by atoms with van der Waals surface area (Å²) in [7, 11) is -3.47. The van der Waals surface area contributed by atoms with Gasteiger partial charge in [-0.1, -0.05) is 37.0 Å². The van der Waals surface area contributed by atoms with Crippen LogP contribution < -0.4 is 0 Å². The average Bonchev–Trinajstić information content (AvgIpc) is 2.32. The largest absolute Gasteiger partial charge is 0.243 e. The zero-order valence-electron chi connectivity index (χ0n) is 10.5. The van der Waals surface area contributed by atoms with Crippen molar-refractivity contribution in [3.05, 3.63) is 28.2 Å². The van der Waals surface area contributed by atoms with Crippen molar-refractivity contribution in [1.82, 2.24) is 4.31 Å². The molecule has 102 valence electrons. The van der Waals surface area contributed by atoms with Crippen molar-refractivity contribution in [3.8, 4) is 0 Å². The molecule has 0 aliphatic heterocycles. The normalized spacial score (nSPS) is 12.1. The molecule has 0 aromatic heterocycles. The van der Waals surface area contributed by atoms with Gasteiger partial charge >= 0.3 is 0 Å². The minimum Gasteiger partial charge on any atom is -0.207 e. The van der Waals surface area contributed by atoms with Gasteiger partial charge in [-0.05, 0) is 31.0 Å². The topological polar surface area (TPSA) is 37.4 Å². The molecule has 0 amide bonds. The Hall–Kier alpha value is -0.290. The number of rotatable bonds is 6. The van der Waals surface area contributed by atoms with Crippen LogP contribution in [0.25, 0.3) is 0 Å². The van der Waals surface area contributed by atoms with Crippen molar-refractivity contribution in [2.45, 2.75) is 31.6 Å². The highest BCUT2D eigenvalue weighted by atomic mass is 35.5. The number of hydrogen-bond acceptors (Lipinski definition) is 2. The Morgan fingerprint density at radius 3 is 2.06 bits per heavy atom. The summed E-state index contributed by atoms with van der Waals surface area (Å²) in [5.41, 5.74) is 0. The van der Waals surface area contributed by atoms with Gasteiger partial charge in [-0.15, -0.1) is 0 Å². The Labute approximate surface area is 119 Å². The summed E-state index contributed by atoms with van der Waals surface area (Å²) in [6, 6.07) is 4.40. The van der Waals surface area contributed by atoms with Gasteiger partial charge in [-0.2, -0.15) is 4.31 Å². The summed E-state index contributed by atoms with van der Waals surface area (Å²) >= 11 is 11.7. The Bertz CT molecular complexity index is 497. The molecule has 0 saturated heterocycles. The lowest BCUT2D eigenvalue weighted by molar-refractivity contribution is 0.410. The predicted molar refractivity (Wildman–Crippen MR) is 75.8 cm³/mol. The molecule has 0 saturated carbocycles. The first-order valence-corrected chi connectivity index (χ1v) is 8.08. The molecule has 3 nitrogen and oxygen atoms in total. The highest BCUT2D eigenvalue weighted by Crippen LogP contribution is 2.26. The average molecular weight is 310 g/mol. The van der Waals surface area contributed by atoms with Crippen molar-refractivity contribution < 1.29 is 8.42 Å². The second-order valence-electron chi connectivity index (χ2n) is 3.98. The van der Waals surface area contributed by atoms with Crippen molar-refractivity contribution in [2.24, 2.45) is 0 Å². The minimum atomic E-state index is -3.47. The molecule has 0 N–H and O–H groups in total. The lowest BCUT2D eigenvalue weighted by Crippen LogP contribution is -2.32. The van der Waals surface area contributed by atoms with Crippen LogP contribution in [0.2, 0.25) is 10.0 Å². The van der Waals surface area contributed by atoms with Gasteiger partial charge in [-0.3, -0.25) is 0 Å². The van der Waals surface area contributed by atoms with E-state index in [1.807, 2.05) is 13.8 Å². The molecule has 18 heavy (non-hydrogen) atoms. The smallest absolute Gasteiger partial charge is 0.207 e. The molecule has 1 aromatic carbocycles. The Morgan fingerprint density at radius 2 is 1.61 bits per heavy atom. The van der Waals surface area contributed by atoms with Crippen LogP contribution in [0.5, 0.6) is 0 Å². The maximum atomic E-state index is 12.4. The number of sulfonamides is 1. The molecule has 0 fully saturated rings. The Kier molecular flexibility index (Phi) is 5.92. The third-order valence-electron chi connectivity index (χ3n) is 2.47. The highest BCUT2D eigenvalue weighted by Gasteiger charge is 2.23. The number of benzene rings is 1. The van der Waals surface area contributed by atoms with Gasteiger partial charge in [0, 0.05) is 13.1 Å². The highest BCUT2D eigenvalue weighted by molar-refractivity contribution is 7.89. The minimum absolute atomic E-state index is 0.193. The van der Waals surface area contributed by atoms with Crippen LogP contribution in [-0.2, 0) is 10.0 Å². The third kappa shape index (κ3) is 3.60. The Balaban J connectivity index is 3.13. The van der Waals surface area contributed by atoms with Gasteiger partial charge in [0.15, 0.2) is 0 Å². The molecule has 0 atom stereocenters. The summed E-state index contributed by atoms with van der Waals surface area (Å²) in [5.74, 6) is 0. The fourth-order valence-corrected chi connectivity index (χ4v) is 3.65. The van der Waals surface area contributed by atoms with Gasteiger partial charge in [0.2, 0.25) is 10.0 Å². The first kappa shape index (κ1) is 15.8. The molecule has 0 heterocycles. The van der Waals surface area contributed by atoms with Crippen LogP contribution in [0.4, 0.5) is 0 Å². The van der Waals surface area contributed by atoms with E-state index in [0.29, 0.717) is 18.1 Å².